The summed E-state index contributed by atoms with van der Waals surface area (Å²) in [5.41, 5.74) is 0. The van der Waals surface area contributed by atoms with Crippen molar-refractivity contribution in [3.05, 3.63) is 0 Å². The summed E-state index contributed by atoms with van der Waals surface area (Å²) in [4.78, 5) is 0. The van der Waals surface area contributed by atoms with E-state index in [0.717, 1.165) is 0 Å². The maximum absolute atomic E-state index is 0. The largest absolute Gasteiger partial charge is 4.00 e. The third-order valence-corrected chi connectivity index (χ3v) is 0. The van der Waals surface area contributed by atoms with Gasteiger partial charge in [-0.1, -0.05) is 0 Å². The molecule has 0 atom stereocenters. The Labute approximate surface area is 145 Å². The van der Waals surface area contributed by atoms with Crippen LogP contribution in [-0.4, -0.2) is 0 Å². The summed E-state index contributed by atoms with van der Waals surface area (Å²) >= 11 is 0. The Bertz CT molecular complexity index is 14.4. The molecule has 0 saturated heterocycles. The van der Waals surface area contributed by atoms with Crippen LogP contribution in [0, 0.1) is 0 Å². The molecule has 0 rings (SSSR count). The van der Waals surface area contributed by atoms with Crippen LogP contribution in [-0.2, 0) is 147 Å². The quantitative estimate of drug-likeness (QED) is 0.468. The van der Waals surface area contributed by atoms with Crippen molar-refractivity contribution in [2.45, 2.75) is 0 Å². The summed E-state index contributed by atoms with van der Waals surface area (Å²) in [5.74, 6) is 0. The molecule has 0 N–H and O–H groups in total. The zero-order valence-corrected chi connectivity index (χ0v) is 13.8. The fourth-order valence-corrected chi connectivity index (χ4v) is 0. The number of hydrogen-bond acceptors (Lipinski definition) is 0. The molecule has 11 heavy (non-hydrogen) atoms. The Balaban J connectivity index is 0. The Hall–Kier alpha value is 3.36. The molecule has 7 nitrogen and oxygen atoms in total. The van der Waals surface area contributed by atoms with Crippen molar-refractivity contribution in [1.29, 1.82) is 0 Å². The van der Waals surface area contributed by atoms with Crippen LogP contribution in [0.4, 0.5) is 0 Å². The van der Waals surface area contributed by atoms with E-state index in [1.165, 1.54) is 0 Å². The van der Waals surface area contributed by atoms with Gasteiger partial charge >= 0.3 is 109 Å². The second kappa shape index (κ2) is 181. The minimum Gasteiger partial charge on any atom is -2.00 e. The summed E-state index contributed by atoms with van der Waals surface area (Å²) < 4.78 is 0. The first-order chi connectivity index (χ1) is 0. The zero-order valence-electron chi connectivity index (χ0n) is 5.01. The van der Waals surface area contributed by atoms with Gasteiger partial charge in [-0.25, -0.2) is 0 Å². The molecule has 0 bridgehead atoms. The van der Waals surface area contributed by atoms with E-state index in [-0.39, 0.29) is 147 Å². The number of hydrogen-bond donors (Lipinski definition) is 0. The molecule has 0 aliphatic carbocycles. The SMILES string of the molecule is [O-2].[O-2].[O-2].[O-2].[O-2].[O-2].[O-2].[Ti+4].[Ti+4].[Y+3].[Y+3]. The first-order valence-corrected chi connectivity index (χ1v) is 0. The maximum atomic E-state index is 0. The van der Waals surface area contributed by atoms with Crippen LogP contribution in [0.15, 0.2) is 0 Å². The predicted octanol–water partition coefficient (Wildman–Crippen LogP) is -0.842. The van der Waals surface area contributed by atoms with Crippen LogP contribution in [0.5, 0.6) is 0 Å². The van der Waals surface area contributed by atoms with Gasteiger partial charge in [0.25, 0.3) is 0 Å². The first-order valence-electron chi connectivity index (χ1n) is 0. The average molecular weight is 386 g/mol. The summed E-state index contributed by atoms with van der Waals surface area (Å²) in [6, 6.07) is 0. The second-order valence-corrected chi connectivity index (χ2v) is 0. The van der Waals surface area contributed by atoms with Gasteiger partial charge in [-0.15, -0.1) is 0 Å². The number of rotatable bonds is 0. The normalized spacial score (nSPS) is 0. The van der Waals surface area contributed by atoms with Gasteiger partial charge < -0.3 is 38.3 Å². The van der Waals surface area contributed by atoms with E-state index in [1.807, 2.05) is 0 Å². The Morgan fingerprint density at radius 1 is 0.273 bits per heavy atom. The Morgan fingerprint density at radius 3 is 0.273 bits per heavy atom. The first kappa shape index (κ1) is 227. The van der Waals surface area contributed by atoms with Crippen molar-refractivity contribution >= 4 is 0 Å². The topological polar surface area (TPSA) is 200 Å². The Morgan fingerprint density at radius 2 is 0.273 bits per heavy atom. The van der Waals surface area contributed by atoms with Crippen molar-refractivity contribution < 1.29 is 147 Å². The monoisotopic (exact) mass is 386 g/mol. The van der Waals surface area contributed by atoms with Gasteiger partial charge in [0.15, 0.2) is 0 Å². The molecule has 0 aromatic rings. The van der Waals surface area contributed by atoms with Gasteiger partial charge in [0.05, 0.1) is 0 Å². The van der Waals surface area contributed by atoms with Gasteiger partial charge in [0, 0.05) is 0 Å². The molecule has 0 aliphatic heterocycles. The molecular formula is O7Ti2Y2. The van der Waals surface area contributed by atoms with Crippen molar-refractivity contribution in [2.75, 3.05) is 0 Å². The van der Waals surface area contributed by atoms with Crippen molar-refractivity contribution in [2.24, 2.45) is 0 Å². The summed E-state index contributed by atoms with van der Waals surface area (Å²) in [6.07, 6.45) is 0. The summed E-state index contributed by atoms with van der Waals surface area (Å²) in [7, 11) is 0. The minimum absolute atomic E-state index is 0. The van der Waals surface area contributed by atoms with E-state index in [4.69, 9.17) is 0 Å². The molecule has 0 heterocycles. The van der Waals surface area contributed by atoms with E-state index >= 15 is 0 Å². The fraction of sp³-hybridized carbons (Fsp3) is 0. The molecule has 0 spiro atoms. The molecule has 0 aromatic carbocycles. The van der Waals surface area contributed by atoms with E-state index in [2.05, 4.69) is 0 Å². The molecule has 0 radical (unpaired) electrons. The van der Waals surface area contributed by atoms with E-state index in [0.29, 0.717) is 0 Å². The van der Waals surface area contributed by atoms with Crippen LogP contribution in [0.1, 0.15) is 0 Å². The molecule has 0 aliphatic rings. The zero-order chi connectivity index (χ0) is 0. The predicted molar refractivity (Wildman–Crippen MR) is 4.81 cm³/mol. The molecule has 0 saturated carbocycles. The molecule has 0 fully saturated rings. The third-order valence-electron chi connectivity index (χ3n) is 0. The van der Waals surface area contributed by atoms with Gasteiger partial charge in [-0.05, 0) is 0 Å². The van der Waals surface area contributed by atoms with Crippen molar-refractivity contribution in [1.82, 2.24) is 0 Å². The van der Waals surface area contributed by atoms with Crippen molar-refractivity contribution in [3.8, 4) is 0 Å². The standard InChI is InChI=1S/7O.2Ti.2Y/q7*-2;2*+4;2*+3. The summed E-state index contributed by atoms with van der Waals surface area (Å²) in [5, 5.41) is 0. The summed E-state index contributed by atoms with van der Waals surface area (Å²) in [6.45, 7) is 0. The van der Waals surface area contributed by atoms with Crippen molar-refractivity contribution in [3.63, 3.8) is 0 Å². The van der Waals surface area contributed by atoms with Crippen LogP contribution >= 0.6 is 0 Å². The Kier molecular flexibility index (Phi) is 3740. The molecule has 56 valence electrons. The average Bonchev–Trinajstić information content (AvgIpc) is 0. The van der Waals surface area contributed by atoms with Crippen LogP contribution in [0.3, 0.4) is 0 Å². The van der Waals surface area contributed by atoms with E-state index < -0.39 is 0 Å². The fourth-order valence-electron chi connectivity index (χ4n) is 0. The minimum atomic E-state index is 0. The van der Waals surface area contributed by atoms with Gasteiger partial charge in [-0.2, -0.15) is 0 Å². The smallest absolute Gasteiger partial charge is 2.00 e. The second-order valence-electron chi connectivity index (χ2n) is 0. The van der Waals surface area contributed by atoms with E-state index in [9.17, 15) is 0 Å². The van der Waals surface area contributed by atoms with Crippen LogP contribution in [0.25, 0.3) is 0 Å². The van der Waals surface area contributed by atoms with Crippen LogP contribution in [0.2, 0.25) is 0 Å². The molecular weight excluding hydrogens is 386 g/mol. The van der Waals surface area contributed by atoms with E-state index in [1.54, 1.807) is 0 Å². The molecule has 0 aromatic heterocycles. The van der Waals surface area contributed by atoms with Gasteiger partial charge in [0.2, 0.25) is 0 Å². The third kappa shape index (κ3) is 153. The molecule has 11 heteroatoms. The van der Waals surface area contributed by atoms with Gasteiger partial charge in [-0.3, -0.25) is 0 Å². The van der Waals surface area contributed by atoms with Crippen LogP contribution < -0.4 is 0 Å². The molecule has 0 unspecified atom stereocenters. The van der Waals surface area contributed by atoms with Gasteiger partial charge in [0.1, 0.15) is 0 Å². The maximum Gasteiger partial charge on any atom is 4.00 e. The molecule has 0 amide bonds.